The fourth-order valence-corrected chi connectivity index (χ4v) is 7.29. The summed E-state index contributed by atoms with van der Waals surface area (Å²) in [5.41, 5.74) is -2.19. The van der Waals surface area contributed by atoms with E-state index in [1.165, 1.54) is 84.1 Å². The van der Waals surface area contributed by atoms with Crippen LogP contribution in [0.15, 0.2) is 137 Å². The Bertz CT molecular complexity index is 2850. The van der Waals surface area contributed by atoms with Crippen LogP contribution in [0.2, 0.25) is 10.0 Å². The minimum absolute atomic E-state index is 0. The molecule has 4 heterocycles. The van der Waals surface area contributed by atoms with E-state index in [0.29, 0.717) is 25.1 Å². The van der Waals surface area contributed by atoms with Crippen molar-refractivity contribution < 1.29 is 66.4 Å². The van der Waals surface area contributed by atoms with Gasteiger partial charge in [0.15, 0.2) is 15.3 Å². The monoisotopic (exact) mass is 1380 g/mol. The Kier molecular flexibility index (Phi) is 21.5. The van der Waals surface area contributed by atoms with Crippen LogP contribution in [0.25, 0.3) is 21.9 Å². The third-order valence-corrected chi connectivity index (χ3v) is 11.0. The first kappa shape index (κ1) is 55.8. The minimum atomic E-state index is -4.86. The first-order valence-corrected chi connectivity index (χ1v) is 27.6. The standard InChI is InChI=1S/C20H12ClF3N4OS.C17H12BClF3N3O3.C3H2BrNS.I2.Pd/c21-13-4-6-15(7-5-13)28-17(20(22,23)24)16(11-26-28)18(29)27-14-3-1-2-12(10-14)19-25-8-9-30-19;19-11-4-6-13(7-5-11)25-15(17(20,21)22)14(9-23-25)16(26)24-12-3-1-2-10(8-12)18(27)28;4-3-5-1-2-6-3;1-2;/h1-11H,(H,27,29);1-9,27-28H,(H,24,26);1-2H;;. The first-order chi connectivity index (χ1) is 31.4. The van der Waals surface area contributed by atoms with Crippen molar-refractivity contribution in [3.05, 3.63) is 169 Å². The summed E-state index contributed by atoms with van der Waals surface area (Å²) < 4.78 is 84.5. The Morgan fingerprint density at radius 1 is 0.672 bits per heavy atom. The summed E-state index contributed by atoms with van der Waals surface area (Å²) in [4.78, 5) is 33.2. The zero-order valence-electron chi connectivity index (χ0n) is 33.0. The fraction of sp³-hybridized carbons (Fsp3) is 0.0500. The van der Waals surface area contributed by atoms with Crippen LogP contribution >= 0.6 is 99.0 Å². The Morgan fingerprint density at radius 3 is 1.51 bits per heavy atom. The molecular weight excluding hydrogens is 1360 g/mol. The van der Waals surface area contributed by atoms with Crippen LogP contribution in [-0.4, -0.2) is 58.5 Å². The summed E-state index contributed by atoms with van der Waals surface area (Å²) in [6.07, 6.45) is -4.53. The van der Waals surface area contributed by atoms with Crippen LogP contribution in [0, 0.1) is 0 Å². The smallest absolute Gasteiger partial charge is 0.423 e. The molecular formula is C40H26BBrCl2F6I2N8O4PdS2. The number of hydrogen-bond acceptors (Lipinski definition) is 10. The summed E-state index contributed by atoms with van der Waals surface area (Å²) in [6, 6.07) is 23.4. The number of aromatic nitrogens is 6. The van der Waals surface area contributed by atoms with Crippen LogP contribution in [0.1, 0.15) is 32.1 Å². The Hall–Kier alpha value is -3.75. The molecule has 4 aromatic carbocycles. The number of amides is 2. The maximum atomic E-state index is 13.8. The number of nitrogens with one attached hydrogen (secondary N) is 2. The van der Waals surface area contributed by atoms with Gasteiger partial charge in [-0.25, -0.2) is 19.3 Å². The fourth-order valence-electron chi connectivity index (χ4n) is 5.61. The summed E-state index contributed by atoms with van der Waals surface area (Å²) >= 11 is 22.0. The average molecular weight is 1380 g/mol. The van der Waals surface area contributed by atoms with E-state index in [2.05, 4.69) is 84.0 Å². The summed E-state index contributed by atoms with van der Waals surface area (Å²) in [6.45, 7) is 0. The van der Waals surface area contributed by atoms with Crippen molar-refractivity contribution in [2.24, 2.45) is 0 Å². The van der Waals surface area contributed by atoms with Gasteiger partial charge in [-0.2, -0.15) is 36.5 Å². The SMILES string of the molecule is Brc1nccs1.II.O=C(Nc1cccc(-c2nccs2)c1)c1cnn(-c2ccc(Cl)cc2)c1C(F)(F)F.O=C(Nc1cccc(B(O)O)c1)c1cnn(-c2ccc(Cl)cc2)c1C(F)(F)F.[Pd]. The van der Waals surface area contributed by atoms with Gasteiger partial charge >= 0.3 is 19.5 Å². The number of carbonyl (C=O) groups excluding carboxylic acids is 2. The van der Waals surface area contributed by atoms with Crippen LogP contribution in [0.3, 0.4) is 0 Å². The molecule has 27 heteroatoms. The third kappa shape index (κ3) is 15.6. The van der Waals surface area contributed by atoms with Gasteiger partial charge in [0.05, 0.1) is 34.9 Å². The van der Waals surface area contributed by atoms with E-state index in [9.17, 15) is 46.0 Å². The van der Waals surface area contributed by atoms with Gasteiger partial charge in [-0.1, -0.05) is 47.5 Å². The van der Waals surface area contributed by atoms with E-state index in [4.69, 9.17) is 23.2 Å². The normalized spacial score (nSPS) is 10.8. The molecule has 0 saturated carbocycles. The van der Waals surface area contributed by atoms with Crippen LogP contribution in [0.4, 0.5) is 37.7 Å². The molecule has 12 nitrogen and oxygen atoms in total. The van der Waals surface area contributed by atoms with E-state index in [1.807, 2.05) is 5.38 Å². The molecule has 0 aliphatic carbocycles. The van der Waals surface area contributed by atoms with Crippen LogP contribution < -0.4 is 16.1 Å². The first-order valence-electron chi connectivity index (χ1n) is 18.0. The number of hydrogen-bond donors (Lipinski definition) is 4. The molecule has 8 aromatic rings. The third-order valence-electron chi connectivity index (χ3n) is 8.35. The average Bonchev–Trinajstić information content (AvgIpc) is 4.13. The maximum absolute atomic E-state index is 13.8. The van der Waals surface area contributed by atoms with E-state index < -0.39 is 53.8 Å². The van der Waals surface area contributed by atoms with Gasteiger partial charge in [0.2, 0.25) is 0 Å². The Balaban J connectivity index is 0.000000248. The molecule has 0 saturated heterocycles. The molecule has 4 aromatic heterocycles. The molecule has 67 heavy (non-hydrogen) atoms. The zero-order chi connectivity index (χ0) is 48.2. The minimum Gasteiger partial charge on any atom is -0.423 e. The molecule has 0 atom stereocenters. The number of thiazole rings is 2. The quantitative estimate of drug-likeness (QED) is 0.0665. The van der Waals surface area contributed by atoms with Gasteiger partial charge in [-0.3, -0.25) is 9.59 Å². The zero-order valence-corrected chi connectivity index (χ0v) is 43.6. The molecule has 2 amide bonds. The number of nitrogens with zero attached hydrogens (tertiary/aromatic N) is 6. The number of halogens is 11. The van der Waals surface area contributed by atoms with Crippen molar-refractivity contribution >= 4 is 135 Å². The Labute approximate surface area is 440 Å². The molecule has 4 N–H and O–H groups in total. The van der Waals surface area contributed by atoms with Gasteiger partial charge in [-0.15, -0.1) is 22.7 Å². The number of benzene rings is 4. The van der Waals surface area contributed by atoms with Crippen LogP contribution in [-0.2, 0) is 32.8 Å². The second kappa shape index (κ2) is 25.7. The summed E-state index contributed by atoms with van der Waals surface area (Å²) in [5, 5.41) is 35.8. The second-order valence-corrected chi connectivity index (χ2v) is 16.6. The molecule has 0 bridgehead atoms. The number of alkyl halides is 6. The maximum Gasteiger partial charge on any atom is 0.488 e. The van der Waals surface area contributed by atoms with E-state index >= 15 is 0 Å². The van der Waals surface area contributed by atoms with E-state index in [-0.39, 0.29) is 42.9 Å². The molecule has 0 fully saturated rings. The predicted molar refractivity (Wildman–Crippen MR) is 265 cm³/mol. The van der Waals surface area contributed by atoms with Crippen molar-refractivity contribution in [1.29, 1.82) is 0 Å². The predicted octanol–water partition coefficient (Wildman–Crippen LogP) is 12.1. The summed E-state index contributed by atoms with van der Waals surface area (Å²) in [7, 11) is -1.78. The van der Waals surface area contributed by atoms with Gasteiger partial charge in [0, 0.05) is 108 Å². The van der Waals surface area contributed by atoms with E-state index in [1.54, 1.807) is 53.4 Å². The molecule has 0 aliphatic rings. The van der Waals surface area contributed by atoms with Crippen molar-refractivity contribution in [2.75, 3.05) is 10.6 Å². The van der Waals surface area contributed by atoms with Gasteiger partial charge in [0.1, 0.15) is 5.01 Å². The largest absolute Gasteiger partial charge is 0.488 e. The molecule has 352 valence electrons. The van der Waals surface area contributed by atoms with Gasteiger partial charge < -0.3 is 20.7 Å². The topological polar surface area (TPSA) is 160 Å². The number of anilines is 2. The van der Waals surface area contributed by atoms with Crippen molar-refractivity contribution in [2.45, 2.75) is 12.4 Å². The van der Waals surface area contributed by atoms with Gasteiger partial charge in [-0.05, 0) is 94.2 Å². The Morgan fingerprint density at radius 2 is 1.12 bits per heavy atom. The van der Waals surface area contributed by atoms with Crippen molar-refractivity contribution in [3.63, 3.8) is 0 Å². The number of rotatable bonds is 8. The van der Waals surface area contributed by atoms with Gasteiger partial charge in [0.25, 0.3) is 11.8 Å². The summed E-state index contributed by atoms with van der Waals surface area (Å²) in [5.74, 6) is -1.96. The molecule has 0 spiro atoms. The van der Waals surface area contributed by atoms with Crippen molar-refractivity contribution in [3.8, 4) is 21.9 Å². The molecule has 8 rings (SSSR count). The second-order valence-electron chi connectivity index (χ2n) is 12.7. The van der Waals surface area contributed by atoms with E-state index in [0.717, 1.165) is 26.9 Å². The molecule has 0 aliphatic heterocycles. The number of carbonyl (C=O) groups is 2. The van der Waals surface area contributed by atoms with Crippen molar-refractivity contribution in [1.82, 2.24) is 29.5 Å². The molecule has 0 radical (unpaired) electrons. The van der Waals surface area contributed by atoms with Crippen LogP contribution in [0.5, 0.6) is 0 Å². The molecule has 0 unspecified atom stereocenters.